The standard InChI is InChI=1S/C20H42O11.C3H4O2/c21-1-3-23-5-7-25-9-11-27-13-15-29-17-19-31-20-18-30-16-14-28-12-10-26-8-6-24-4-2-22;1-2-3(4)5/h21-22H,1-20H2;2H,1H2,(H,4,5). The van der Waals surface area contributed by atoms with Crippen LogP contribution in [-0.2, 0) is 47.4 Å². The summed E-state index contributed by atoms with van der Waals surface area (Å²) in [5.41, 5.74) is 0. The molecule has 0 amide bonds. The van der Waals surface area contributed by atoms with Gasteiger partial charge in [0.1, 0.15) is 0 Å². The highest BCUT2D eigenvalue weighted by Gasteiger charge is 1.95. The highest BCUT2D eigenvalue weighted by Crippen LogP contribution is 1.86. The molecule has 0 aromatic rings. The molecule has 0 aliphatic heterocycles. The van der Waals surface area contributed by atoms with Gasteiger partial charge in [0, 0.05) is 6.08 Å². The van der Waals surface area contributed by atoms with Crippen molar-refractivity contribution in [2.75, 3.05) is 132 Å². The van der Waals surface area contributed by atoms with Gasteiger partial charge in [-0.25, -0.2) is 4.79 Å². The van der Waals surface area contributed by atoms with Crippen molar-refractivity contribution in [1.29, 1.82) is 0 Å². The van der Waals surface area contributed by atoms with E-state index in [2.05, 4.69) is 6.58 Å². The van der Waals surface area contributed by atoms with Gasteiger partial charge in [0.25, 0.3) is 0 Å². The second-order valence-corrected chi connectivity index (χ2v) is 6.50. The van der Waals surface area contributed by atoms with Crippen molar-refractivity contribution >= 4 is 5.97 Å². The molecule has 0 radical (unpaired) electrons. The van der Waals surface area contributed by atoms with Crippen LogP contribution in [-0.4, -0.2) is 153 Å². The van der Waals surface area contributed by atoms with Crippen LogP contribution in [0, 0.1) is 0 Å². The van der Waals surface area contributed by atoms with Crippen molar-refractivity contribution in [3.05, 3.63) is 12.7 Å². The largest absolute Gasteiger partial charge is 0.478 e. The first-order valence-electron chi connectivity index (χ1n) is 12.0. The Hall–Kier alpha value is -1.23. The number of carboxylic acids is 1. The van der Waals surface area contributed by atoms with Crippen LogP contribution in [0.15, 0.2) is 12.7 Å². The Morgan fingerprint density at radius 3 is 0.694 bits per heavy atom. The van der Waals surface area contributed by atoms with Crippen molar-refractivity contribution < 1.29 is 62.7 Å². The third-order valence-electron chi connectivity index (χ3n) is 3.62. The molecule has 0 aromatic heterocycles. The van der Waals surface area contributed by atoms with Gasteiger partial charge in [-0.15, -0.1) is 0 Å². The summed E-state index contributed by atoms with van der Waals surface area (Å²) < 4.78 is 47.7. The van der Waals surface area contributed by atoms with Gasteiger partial charge in [-0.2, -0.15) is 0 Å². The minimum absolute atomic E-state index is 0.0278. The fourth-order valence-corrected chi connectivity index (χ4v) is 1.99. The first kappa shape index (κ1) is 36.9. The molecule has 0 saturated heterocycles. The topological polar surface area (TPSA) is 161 Å². The van der Waals surface area contributed by atoms with Gasteiger partial charge in [-0.05, 0) is 0 Å². The number of rotatable bonds is 29. The fourth-order valence-electron chi connectivity index (χ4n) is 1.99. The Kier molecular flexibility index (Phi) is 36.9. The predicted molar refractivity (Wildman–Crippen MR) is 129 cm³/mol. The molecule has 216 valence electrons. The molecule has 0 unspecified atom stereocenters. The molecule has 0 heterocycles. The summed E-state index contributed by atoms with van der Waals surface area (Å²) >= 11 is 0. The van der Waals surface area contributed by atoms with Gasteiger partial charge >= 0.3 is 5.97 Å². The molecule has 3 N–H and O–H groups in total. The number of ether oxygens (including phenoxy) is 9. The fraction of sp³-hybridized carbons (Fsp3) is 0.870. The molecular formula is C23H46O13. The molecular weight excluding hydrogens is 484 g/mol. The van der Waals surface area contributed by atoms with Gasteiger partial charge in [0.05, 0.1) is 132 Å². The first-order chi connectivity index (χ1) is 17.7. The van der Waals surface area contributed by atoms with Crippen LogP contribution < -0.4 is 0 Å². The van der Waals surface area contributed by atoms with Crippen molar-refractivity contribution in [1.82, 2.24) is 0 Å². The summed E-state index contributed by atoms with van der Waals surface area (Å²) in [7, 11) is 0. The molecule has 0 aliphatic carbocycles. The summed E-state index contributed by atoms with van der Waals surface area (Å²) in [5, 5.41) is 24.7. The van der Waals surface area contributed by atoms with Crippen molar-refractivity contribution in [3.63, 3.8) is 0 Å². The Labute approximate surface area is 214 Å². The number of carbonyl (C=O) groups is 1. The van der Waals surface area contributed by atoms with Crippen molar-refractivity contribution in [2.24, 2.45) is 0 Å². The highest BCUT2D eigenvalue weighted by atomic mass is 16.6. The van der Waals surface area contributed by atoms with Gasteiger partial charge in [0.2, 0.25) is 0 Å². The molecule has 0 rings (SSSR count). The monoisotopic (exact) mass is 530 g/mol. The Morgan fingerprint density at radius 1 is 0.444 bits per heavy atom. The minimum atomic E-state index is -0.981. The number of hydrogen-bond acceptors (Lipinski definition) is 12. The third kappa shape index (κ3) is 40.0. The van der Waals surface area contributed by atoms with E-state index in [-0.39, 0.29) is 13.2 Å². The maximum Gasteiger partial charge on any atom is 0.327 e. The van der Waals surface area contributed by atoms with E-state index in [1.807, 2.05) is 0 Å². The van der Waals surface area contributed by atoms with Crippen molar-refractivity contribution in [2.45, 2.75) is 0 Å². The molecule has 0 spiro atoms. The van der Waals surface area contributed by atoms with Crippen LogP contribution in [0.2, 0.25) is 0 Å². The Bertz CT molecular complexity index is 399. The maximum absolute atomic E-state index is 9.25. The highest BCUT2D eigenvalue weighted by molar-refractivity contribution is 5.78. The zero-order valence-corrected chi connectivity index (χ0v) is 21.4. The van der Waals surface area contributed by atoms with Crippen LogP contribution in [0.3, 0.4) is 0 Å². The molecule has 0 aliphatic rings. The average molecular weight is 531 g/mol. The lowest BCUT2D eigenvalue weighted by molar-refractivity contribution is -0.131. The number of aliphatic hydroxyl groups excluding tert-OH is 2. The van der Waals surface area contributed by atoms with Crippen molar-refractivity contribution in [3.8, 4) is 0 Å². The van der Waals surface area contributed by atoms with Crippen LogP contribution in [0.25, 0.3) is 0 Å². The smallest absolute Gasteiger partial charge is 0.327 e. The lowest BCUT2D eigenvalue weighted by atomic mass is 10.6. The van der Waals surface area contributed by atoms with Crippen LogP contribution in [0.5, 0.6) is 0 Å². The summed E-state index contributed by atoms with van der Waals surface area (Å²) in [6.07, 6.45) is 0.833. The third-order valence-corrected chi connectivity index (χ3v) is 3.62. The van der Waals surface area contributed by atoms with Gasteiger partial charge in [-0.1, -0.05) is 6.58 Å². The van der Waals surface area contributed by atoms with Crippen LogP contribution >= 0.6 is 0 Å². The zero-order valence-electron chi connectivity index (χ0n) is 21.4. The second-order valence-electron chi connectivity index (χ2n) is 6.50. The minimum Gasteiger partial charge on any atom is -0.478 e. The van der Waals surface area contributed by atoms with Gasteiger partial charge in [-0.3, -0.25) is 0 Å². The van der Waals surface area contributed by atoms with Gasteiger partial charge < -0.3 is 58.0 Å². The van der Waals surface area contributed by atoms with Crippen LogP contribution in [0.1, 0.15) is 0 Å². The van der Waals surface area contributed by atoms with E-state index >= 15 is 0 Å². The van der Waals surface area contributed by atoms with E-state index < -0.39 is 5.97 Å². The molecule has 0 bridgehead atoms. The summed E-state index contributed by atoms with van der Waals surface area (Å²) in [6, 6.07) is 0. The second kappa shape index (κ2) is 35.9. The molecule has 0 saturated carbocycles. The number of aliphatic hydroxyl groups is 2. The maximum atomic E-state index is 9.25. The number of carboxylic acid groups (broad SMARTS) is 1. The van der Waals surface area contributed by atoms with Crippen LogP contribution in [0.4, 0.5) is 0 Å². The summed E-state index contributed by atoms with van der Waals surface area (Å²) in [6.45, 7) is 11.7. The zero-order chi connectivity index (χ0) is 26.8. The Balaban J connectivity index is 0. The summed E-state index contributed by atoms with van der Waals surface area (Å²) in [5.74, 6) is -0.981. The Morgan fingerprint density at radius 2 is 0.583 bits per heavy atom. The van der Waals surface area contributed by atoms with E-state index in [9.17, 15) is 4.79 Å². The number of aliphatic carboxylic acids is 1. The lowest BCUT2D eigenvalue weighted by Gasteiger charge is -2.08. The average Bonchev–Trinajstić information content (AvgIpc) is 2.88. The molecule has 13 nitrogen and oxygen atoms in total. The molecule has 0 atom stereocenters. The molecule has 0 fully saturated rings. The molecule has 13 heteroatoms. The summed E-state index contributed by atoms with van der Waals surface area (Å²) in [4.78, 5) is 9.25. The lowest BCUT2D eigenvalue weighted by Crippen LogP contribution is -2.15. The normalized spacial score (nSPS) is 10.7. The molecule has 0 aromatic carbocycles. The van der Waals surface area contributed by atoms with E-state index in [0.29, 0.717) is 119 Å². The van der Waals surface area contributed by atoms with Gasteiger partial charge in [0.15, 0.2) is 0 Å². The van der Waals surface area contributed by atoms with E-state index in [1.54, 1.807) is 0 Å². The van der Waals surface area contributed by atoms with E-state index in [4.69, 9.17) is 58.0 Å². The number of hydrogen-bond donors (Lipinski definition) is 3. The quantitative estimate of drug-likeness (QED) is 0.0829. The SMILES string of the molecule is C=CC(=O)O.OCCOCCOCCOCCOCCOCCOCCOCCOCCOCCO. The molecule has 36 heavy (non-hydrogen) atoms. The van der Waals surface area contributed by atoms with E-state index in [0.717, 1.165) is 6.08 Å². The predicted octanol–water partition coefficient (Wildman–Crippen LogP) is -0.623. The van der Waals surface area contributed by atoms with E-state index in [1.165, 1.54) is 0 Å². The first-order valence-corrected chi connectivity index (χ1v) is 12.0.